The Bertz CT molecular complexity index is 1090. The lowest BCUT2D eigenvalue weighted by Gasteiger charge is -2.25. The zero-order valence-corrected chi connectivity index (χ0v) is 43.5. The van der Waals surface area contributed by atoms with Crippen LogP contribution in [-0.4, -0.2) is 80.2 Å². The second kappa shape index (κ2) is 40.6. The van der Waals surface area contributed by atoms with Crippen LogP contribution < -0.4 is 24.0 Å². The van der Waals surface area contributed by atoms with Gasteiger partial charge in [-0.15, -0.1) is 0 Å². The van der Waals surface area contributed by atoms with Crippen molar-refractivity contribution >= 4 is 17.8 Å². The highest BCUT2D eigenvalue weighted by Gasteiger charge is 2.46. The number of unbranched alkanes of at least 4 members (excludes halogenated alkanes) is 16. The Labute approximate surface area is 400 Å². The Hall–Kier alpha value is -1.94. The summed E-state index contributed by atoms with van der Waals surface area (Å²) in [6.07, 6.45) is 48.4. The van der Waals surface area contributed by atoms with Crippen molar-refractivity contribution in [3.05, 3.63) is 48.6 Å². The number of halogens is 1. The van der Waals surface area contributed by atoms with Crippen LogP contribution in [0.1, 0.15) is 214 Å². The number of likely N-dealkylation sites (tertiary alicyclic amines) is 1. The largest absolute Gasteiger partial charge is 1.00 e. The zero-order valence-electron chi connectivity index (χ0n) is 41.4. The molecular weight excluding hydrogens is 884 g/mol. The maximum absolute atomic E-state index is 14.3. The minimum absolute atomic E-state index is 0. The lowest BCUT2D eigenvalue weighted by atomic mass is 9.95. The van der Waals surface area contributed by atoms with E-state index in [1.807, 2.05) is 0 Å². The number of esters is 2. The molecule has 0 aromatic heterocycles. The van der Waals surface area contributed by atoms with Gasteiger partial charge in [0.25, 0.3) is 0 Å². The average Bonchev–Trinajstić information content (AvgIpc) is 3.69. The summed E-state index contributed by atoms with van der Waals surface area (Å²) in [4.78, 5) is 43.9. The van der Waals surface area contributed by atoms with Gasteiger partial charge in [0.2, 0.25) is 5.91 Å². The summed E-state index contributed by atoms with van der Waals surface area (Å²) in [5.74, 6) is -2.16. The van der Waals surface area contributed by atoms with Gasteiger partial charge in [0.05, 0.1) is 45.9 Å². The van der Waals surface area contributed by atoms with Gasteiger partial charge in [-0.05, 0) is 128 Å². The molecular formula is C54H97IN2O5. The summed E-state index contributed by atoms with van der Waals surface area (Å²) in [5, 5.41) is 0. The Kier molecular flexibility index (Phi) is 39.3. The van der Waals surface area contributed by atoms with E-state index in [4.69, 9.17) is 9.47 Å². The van der Waals surface area contributed by atoms with E-state index < -0.39 is 11.8 Å². The van der Waals surface area contributed by atoms with Gasteiger partial charge in [0.15, 0.2) is 0 Å². The first-order chi connectivity index (χ1) is 29.6. The third kappa shape index (κ3) is 32.7. The van der Waals surface area contributed by atoms with E-state index in [9.17, 15) is 14.4 Å². The van der Waals surface area contributed by atoms with Gasteiger partial charge >= 0.3 is 11.9 Å². The Morgan fingerprint density at radius 2 is 0.758 bits per heavy atom. The highest BCUT2D eigenvalue weighted by atomic mass is 127. The van der Waals surface area contributed by atoms with Crippen LogP contribution in [-0.2, 0) is 23.9 Å². The highest BCUT2D eigenvalue weighted by molar-refractivity contribution is 5.86. The quantitative estimate of drug-likeness (QED) is 0.0202. The first kappa shape index (κ1) is 60.1. The van der Waals surface area contributed by atoms with Crippen molar-refractivity contribution < 1.29 is 52.3 Å². The molecule has 2 atom stereocenters. The first-order valence-electron chi connectivity index (χ1n) is 25.6. The molecule has 0 N–H and O–H groups in total. The normalized spacial score (nSPS) is 15.9. The molecule has 0 saturated carbocycles. The van der Waals surface area contributed by atoms with Crippen LogP contribution in [0.15, 0.2) is 48.6 Å². The smallest absolute Gasteiger partial charge is 0.311 e. The van der Waals surface area contributed by atoms with E-state index in [0.717, 1.165) is 103 Å². The van der Waals surface area contributed by atoms with E-state index >= 15 is 0 Å². The summed E-state index contributed by atoms with van der Waals surface area (Å²) in [6, 6.07) is 0. The molecule has 360 valence electrons. The second-order valence-corrected chi connectivity index (χ2v) is 19.0. The van der Waals surface area contributed by atoms with Crippen molar-refractivity contribution in [2.24, 2.45) is 11.8 Å². The minimum atomic E-state index is -0.724. The zero-order chi connectivity index (χ0) is 44.8. The van der Waals surface area contributed by atoms with Gasteiger partial charge in [-0.1, -0.05) is 128 Å². The highest BCUT2D eigenvalue weighted by Crippen LogP contribution is 2.30. The molecule has 1 aliphatic rings. The molecule has 0 bridgehead atoms. The molecule has 1 fully saturated rings. The van der Waals surface area contributed by atoms with Crippen LogP contribution in [0.3, 0.4) is 0 Å². The minimum Gasteiger partial charge on any atom is -1.00 e. The number of carbonyl (C=O) groups is 3. The molecule has 1 rings (SSSR count). The molecule has 0 spiro atoms. The van der Waals surface area contributed by atoms with Gasteiger partial charge in [-0.25, -0.2) is 0 Å². The van der Waals surface area contributed by atoms with Crippen molar-refractivity contribution in [2.45, 2.75) is 226 Å². The van der Waals surface area contributed by atoms with Gasteiger partial charge in [0.1, 0.15) is 12.2 Å². The van der Waals surface area contributed by atoms with E-state index in [2.05, 4.69) is 97.4 Å². The predicted molar refractivity (Wildman–Crippen MR) is 259 cm³/mol. The van der Waals surface area contributed by atoms with Crippen LogP contribution in [0, 0.1) is 11.8 Å². The van der Waals surface area contributed by atoms with E-state index in [0.29, 0.717) is 17.4 Å². The third-order valence-electron chi connectivity index (χ3n) is 12.0. The average molecular weight is 981 g/mol. The van der Waals surface area contributed by atoms with Gasteiger partial charge in [0, 0.05) is 13.1 Å². The molecule has 62 heavy (non-hydrogen) atoms. The number of carbonyl (C=O) groups excluding carboxylic acids is 3. The van der Waals surface area contributed by atoms with Gasteiger partial charge in [-0.2, -0.15) is 0 Å². The monoisotopic (exact) mass is 981 g/mol. The molecule has 1 saturated heterocycles. The number of hydrogen-bond donors (Lipinski definition) is 0. The van der Waals surface area contributed by atoms with Crippen molar-refractivity contribution in [3.8, 4) is 0 Å². The molecule has 0 radical (unpaired) electrons. The van der Waals surface area contributed by atoms with E-state index in [1.54, 1.807) is 4.90 Å². The standard InChI is InChI=1S/C54H97N2O5.HI/c1-8-12-16-20-24-28-32-36-40-48(41-37-33-29-25-21-17-13-9-2)60-53(58)50-46-55(52(57)44-45-56(5,6)7)47-51(50)54(59)61-49(42-38-34-30-26-22-18-14-10-3)43-39-35-31-27-23-19-15-11-4;/h24-31,48-51H,8-23,32-47H2,1-7H3;1H/q+1;/p-1/b28-24-,29-25-,30-26-,31-27-;. The fourth-order valence-corrected chi connectivity index (χ4v) is 7.95. The number of quaternary nitrogens is 1. The van der Waals surface area contributed by atoms with E-state index in [1.165, 1.54) is 77.0 Å². The Balaban J connectivity index is 0.0000372. The molecule has 2 unspecified atom stereocenters. The number of ether oxygens (including phenoxy) is 2. The number of nitrogens with zero attached hydrogens (tertiary/aromatic N) is 2. The fraction of sp³-hybridized carbons (Fsp3) is 0.796. The molecule has 7 nitrogen and oxygen atoms in total. The van der Waals surface area contributed by atoms with Crippen molar-refractivity contribution in [1.82, 2.24) is 4.90 Å². The van der Waals surface area contributed by atoms with Crippen molar-refractivity contribution in [1.29, 1.82) is 0 Å². The number of allylic oxidation sites excluding steroid dienone is 8. The lowest BCUT2D eigenvalue weighted by Crippen LogP contribution is -3.00. The SMILES string of the molecule is CCCCC/C=C\CCCC(CCC/C=C\CCCCC)OC(=O)C1CN(C(=O)CC[N+](C)(C)C)CC1C(=O)OC(CCC/C=C\CCCCC)CCC/C=C\CCCCC.[I-]. The number of rotatable bonds is 39. The summed E-state index contributed by atoms with van der Waals surface area (Å²) < 4.78 is 13.4. The number of hydrogen-bond acceptors (Lipinski definition) is 5. The summed E-state index contributed by atoms with van der Waals surface area (Å²) in [7, 11) is 6.23. The molecule has 0 aromatic carbocycles. The maximum atomic E-state index is 14.3. The summed E-state index contributed by atoms with van der Waals surface area (Å²) >= 11 is 0. The van der Waals surface area contributed by atoms with Gasteiger partial charge < -0.3 is 42.8 Å². The Morgan fingerprint density at radius 1 is 0.484 bits per heavy atom. The van der Waals surface area contributed by atoms with Crippen LogP contribution >= 0.6 is 0 Å². The van der Waals surface area contributed by atoms with Crippen molar-refractivity contribution in [2.75, 3.05) is 40.8 Å². The van der Waals surface area contributed by atoms with Crippen molar-refractivity contribution in [3.63, 3.8) is 0 Å². The van der Waals surface area contributed by atoms with Crippen LogP contribution in [0.4, 0.5) is 0 Å². The van der Waals surface area contributed by atoms with E-state index in [-0.39, 0.29) is 67.1 Å². The number of amides is 1. The first-order valence-corrected chi connectivity index (χ1v) is 25.6. The van der Waals surface area contributed by atoms with Crippen LogP contribution in [0.25, 0.3) is 0 Å². The topological polar surface area (TPSA) is 72.9 Å². The summed E-state index contributed by atoms with van der Waals surface area (Å²) in [6.45, 7) is 10.0. The predicted octanol–water partition coefficient (Wildman–Crippen LogP) is 11.2. The molecule has 1 amide bonds. The molecule has 1 heterocycles. The summed E-state index contributed by atoms with van der Waals surface area (Å²) in [5.41, 5.74) is 0. The van der Waals surface area contributed by atoms with Crippen LogP contribution in [0.5, 0.6) is 0 Å². The Morgan fingerprint density at radius 3 is 1.02 bits per heavy atom. The lowest BCUT2D eigenvalue weighted by molar-refractivity contribution is -0.869. The third-order valence-corrected chi connectivity index (χ3v) is 12.0. The maximum Gasteiger partial charge on any atom is 0.311 e. The second-order valence-electron chi connectivity index (χ2n) is 19.0. The molecule has 1 aliphatic heterocycles. The van der Waals surface area contributed by atoms with Crippen LogP contribution in [0.2, 0.25) is 0 Å². The fourth-order valence-electron chi connectivity index (χ4n) is 7.95. The molecule has 0 aromatic rings. The van der Waals surface area contributed by atoms with Gasteiger partial charge in [-0.3, -0.25) is 14.4 Å². The molecule has 8 heteroatoms. The molecule has 0 aliphatic carbocycles.